The first-order valence-electron chi connectivity index (χ1n) is 7.51. The summed E-state index contributed by atoms with van der Waals surface area (Å²) < 4.78 is 15.6. The number of rotatable bonds is 4. The van der Waals surface area contributed by atoms with Gasteiger partial charge in [-0.1, -0.05) is 23.8 Å². The predicted octanol–water partition coefficient (Wildman–Crippen LogP) is -4.11. The molecule has 0 radical (unpaired) electrons. The second-order valence-corrected chi connectivity index (χ2v) is 6.90. The monoisotopic (exact) mass is 403 g/mol. The van der Waals surface area contributed by atoms with Crippen molar-refractivity contribution in [3.05, 3.63) is 48.0 Å². The summed E-state index contributed by atoms with van der Waals surface area (Å²) in [5.41, 5.74) is 2.12. The van der Waals surface area contributed by atoms with Crippen molar-refractivity contribution in [3.8, 4) is 17.1 Å². The van der Waals surface area contributed by atoms with E-state index in [2.05, 4.69) is 14.5 Å². The summed E-state index contributed by atoms with van der Waals surface area (Å²) in [5.74, 6) is 0.877. The number of phosphoric acid groups is 1. The number of benzene rings is 2. The Bertz CT molecular complexity index is 995. The summed E-state index contributed by atoms with van der Waals surface area (Å²) >= 11 is 0. The summed E-state index contributed by atoms with van der Waals surface area (Å²) in [7, 11) is -1.46. The van der Waals surface area contributed by atoms with Crippen LogP contribution >= 0.6 is 7.82 Å². The van der Waals surface area contributed by atoms with Gasteiger partial charge in [-0.15, -0.1) is 0 Å². The van der Waals surface area contributed by atoms with Gasteiger partial charge in [-0.3, -0.25) is 0 Å². The van der Waals surface area contributed by atoms with Gasteiger partial charge in [0.2, 0.25) is 0 Å². The molecule has 0 N–H and O–H groups in total. The van der Waals surface area contributed by atoms with Crippen LogP contribution in [0.5, 0.6) is 5.75 Å². The fourth-order valence-electron chi connectivity index (χ4n) is 2.54. The molecule has 0 atom stereocenters. The minimum absolute atomic E-state index is 0. The molecule has 3 aromatic rings. The van der Waals surface area contributed by atoms with Crippen LogP contribution in [0.15, 0.2) is 42.5 Å². The Labute approximate surface area is 202 Å². The molecule has 0 aliphatic rings. The van der Waals surface area contributed by atoms with Gasteiger partial charge < -0.3 is 23.8 Å². The third-order valence-electron chi connectivity index (χ3n) is 3.59. The van der Waals surface area contributed by atoms with E-state index in [0.29, 0.717) is 16.9 Å². The summed E-state index contributed by atoms with van der Waals surface area (Å²) in [5, 5.41) is 0.880. The Kier molecular flexibility index (Phi) is 8.95. The van der Waals surface area contributed by atoms with E-state index in [4.69, 9.17) is 0 Å². The number of phosphoric ester groups is 1. The molecular formula is C17H16N3Na2O4P. The largest absolute Gasteiger partial charge is 1.00 e. The molecule has 0 saturated heterocycles. The van der Waals surface area contributed by atoms with Crippen LogP contribution in [0, 0.1) is 6.92 Å². The van der Waals surface area contributed by atoms with Crippen molar-refractivity contribution >= 4 is 24.5 Å². The molecule has 2 aromatic carbocycles. The molecule has 0 saturated carbocycles. The van der Waals surface area contributed by atoms with E-state index in [-0.39, 0.29) is 70.7 Å². The molecule has 10 heteroatoms. The van der Waals surface area contributed by atoms with Crippen LogP contribution in [-0.2, 0) is 4.57 Å². The van der Waals surface area contributed by atoms with E-state index in [1.807, 2.05) is 44.1 Å². The Balaban J connectivity index is 0.00000182. The topological polar surface area (TPSA) is 101 Å². The Morgan fingerprint density at radius 1 is 1.04 bits per heavy atom. The van der Waals surface area contributed by atoms with Crippen LogP contribution < -0.4 is 78.3 Å². The SMILES string of the molecule is Cc1ccc2nc(-c3ccccc3OP(=O)([O-])[O-])nc(N(C)C)c2c1.[Na+].[Na+]. The van der Waals surface area contributed by atoms with Gasteiger partial charge in [0, 0.05) is 19.5 Å². The Hall–Kier alpha value is -0.470. The molecule has 0 fully saturated rings. The molecule has 0 unspecified atom stereocenters. The molecule has 7 nitrogen and oxygen atoms in total. The van der Waals surface area contributed by atoms with Crippen LogP contribution in [-0.4, -0.2) is 24.1 Å². The molecule has 0 aliphatic carbocycles. The van der Waals surface area contributed by atoms with Crippen molar-refractivity contribution in [2.45, 2.75) is 6.92 Å². The average Bonchev–Trinajstić information content (AvgIpc) is 2.52. The van der Waals surface area contributed by atoms with E-state index in [1.54, 1.807) is 18.2 Å². The average molecular weight is 403 g/mol. The minimum Gasteiger partial charge on any atom is -0.780 e. The van der Waals surface area contributed by atoms with Gasteiger partial charge in [0.05, 0.1) is 11.1 Å². The van der Waals surface area contributed by atoms with Gasteiger partial charge in [-0.2, -0.15) is 0 Å². The number of aryl methyl sites for hydroxylation is 1. The van der Waals surface area contributed by atoms with E-state index >= 15 is 0 Å². The molecular weight excluding hydrogens is 387 g/mol. The maximum absolute atomic E-state index is 11.0. The summed E-state index contributed by atoms with van der Waals surface area (Å²) in [4.78, 5) is 32.9. The smallest absolute Gasteiger partial charge is 0.780 e. The third kappa shape index (κ3) is 6.00. The first kappa shape index (κ1) is 24.6. The van der Waals surface area contributed by atoms with Gasteiger partial charge in [0.1, 0.15) is 19.4 Å². The number of fused-ring (bicyclic) bond motifs is 1. The van der Waals surface area contributed by atoms with Crippen LogP contribution in [0.4, 0.5) is 5.82 Å². The Morgan fingerprint density at radius 2 is 1.70 bits per heavy atom. The van der Waals surface area contributed by atoms with Crippen LogP contribution in [0.1, 0.15) is 5.56 Å². The summed E-state index contributed by atoms with van der Waals surface area (Å²) in [6.07, 6.45) is 0. The van der Waals surface area contributed by atoms with Gasteiger partial charge >= 0.3 is 59.1 Å². The predicted molar refractivity (Wildman–Crippen MR) is 92.3 cm³/mol. The maximum Gasteiger partial charge on any atom is 1.00 e. The zero-order valence-electron chi connectivity index (χ0n) is 16.0. The molecule has 1 heterocycles. The number of aromatic nitrogens is 2. The van der Waals surface area contributed by atoms with Crippen LogP contribution in [0.2, 0.25) is 0 Å². The second kappa shape index (κ2) is 9.83. The first-order chi connectivity index (χ1) is 11.7. The summed E-state index contributed by atoms with van der Waals surface area (Å²) in [6.45, 7) is 1.98. The van der Waals surface area contributed by atoms with Crippen LogP contribution in [0.25, 0.3) is 22.3 Å². The van der Waals surface area contributed by atoms with E-state index in [9.17, 15) is 14.4 Å². The molecule has 0 aliphatic heterocycles. The minimum atomic E-state index is -5.19. The van der Waals surface area contributed by atoms with E-state index in [1.165, 1.54) is 6.07 Å². The summed E-state index contributed by atoms with van der Waals surface area (Å²) in [6, 6.07) is 12.1. The molecule has 3 rings (SSSR count). The molecule has 1 aromatic heterocycles. The molecule has 0 amide bonds. The van der Waals surface area contributed by atoms with Crippen molar-refractivity contribution < 1.29 is 78.0 Å². The molecule has 0 bridgehead atoms. The molecule has 27 heavy (non-hydrogen) atoms. The quantitative estimate of drug-likeness (QED) is 0.322. The number of para-hydroxylation sites is 1. The Morgan fingerprint density at radius 3 is 2.33 bits per heavy atom. The third-order valence-corrected chi connectivity index (χ3v) is 4.01. The zero-order chi connectivity index (χ0) is 18.2. The van der Waals surface area contributed by atoms with Crippen molar-refractivity contribution in [2.24, 2.45) is 0 Å². The number of nitrogens with zero attached hydrogens (tertiary/aromatic N) is 3. The van der Waals surface area contributed by atoms with Gasteiger partial charge in [0.25, 0.3) is 0 Å². The van der Waals surface area contributed by atoms with Gasteiger partial charge in [0.15, 0.2) is 5.82 Å². The number of hydrogen-bond acceptors (Lipinski definition) is 7. The van der Waals surface area contributed by atoms with E-state index < -0.39 is 7.82 Å². The van der Waals surface area contributed by atoms with Gasteiger partial charge in [-0.05, 0) is 31.2 Å². The fourth-order valence-corrected chi connectivity index (χ4v) is 2.94. The van der Waals surface area contributed by atoms with Crippen molar-refractivity contribution in [1.82, 2.24) is 9.97 Å². The number of anilines is 1. The van der Waals surface area contributed by atoms with Crippen molar-refractivity contribution in [2.75, 3.05) is 19.0 Å². The zero-order valence-corrected chi connectivity index (χ0v) is 20.9. The maximum atomic E-state index is 11.0. The number of hydrogen-bond donors (Lipinski definition) is 0. The molecule has 0 spiro atoms. The van der Waals surface area contributed by atoms with E-state index in [0.717, 1.165) is 10.9 Å². The first-order valence-corrected chi connectivity index (χ1v) is 8.97. The van der Waals surface area contributed by atoms with Gasteiger partial charge in [-0.25, -0.2) is 9.97 Å². The second-order valence-electron chi connectivity index (χ2n) is 5.82. The van der Waals surface area contributed by atoms with Crippen LogP contribution in [0.3, 0.4) is 0 Å². The van der Waals surface area contributed by atoms with Crippen molar-refractivity contribution in [1.29, 1.82) is 0 Å². The normalized spacial score (nSPS) is 10.7. The molecule has 130 valence electrons. The standard InChI is InChI=1S/C17H18N3O4P.2Na/c1-11-8-9-14-13(10-11)17(20(2)3)19-16(18-14)12-6-4-5-7-15(12)24-25(21,22)23;;/h4-10H,1-3H3,(H2,21,22,23);;/q;2*+1/p-2. The fraction of sp³-hybridized carbons (Fsp3) is 0.176. The van der Waals surface area contributed by atoms with Crippen molar-refractivity contribution in [3.63, 3.8) is 0 Å².